The largest absolute Gasteiger partial charge is 0.508 e. The summed E-state index contributed by atoms with van der Waals surface area (Å²) in [7, 11) is 0. The molecule has 0 atom stereocenters. The fourth-order valence-electron chi connectivity index (χ4n) is 1.64. The number of nitrogens with one attached hydrogen (secondary N) is 1. The van der Waals surface area contributed by atoms with Crippen molar-refractivity contribution < 1.29 is 14.8 Å². The van der Waals surface area contributed by atoms with Crippen LogP contribution in [0.3, 0.4) is 0 Å². The van der Waals surface area contributed by atoms with E-state index in [1.165, 1.54) is 18.2 Å². The number of hydrogen-bond acceptors (Lipinski definition) is 4. The van der Waals surface area contributed by atoms with E-state index in [1.807, 2.05) is 0 Å². The third-order valence-corrected chi connectivity index (χ3v) is 3.34. The van der Waals surface area contributed by atoms with Crippen LogP contribution in [0.25, 0.3) is 0 Å². The predicted molar refractivity (Wildman–Crippen MR) is 79.2 cm³/mol. The Morgan fingerprint density at radius 1 is 1.14 bits per heavy atom. The van der Waals surface area contributed by atoms with Crippen molar-refractivity contribution >= 4 is 40.5 Å². The maximum absolute atomic E-state index is 12.1. The number of nitrogens with zero attached hydrogens (tertiary/aromatic N) is 1. The Labute approximate surface area is 129 Å². The van der Waals surface area contributed by atoms with Crippen molar-refractivity contribution in [3.63, 3.8) is 0 Å². The van der Waals surface area contributed by atoms with Crippen LogP contribution in [0.15, 0.2) is 36.4 Å². The Morgan fingerprint density at radius 2 is 1.86 bits per heavy atom. The van der Waals surface area contributed by atoms with Gasteiger partial charge < -0.3 is 10.4 Å². The van der Waals surface area contributed by atoms with Gasteiger partial charge >= 0.3 is 0 Å². The minimum atomic E-state index is -0.740. The first-order valence-electron chi connectivity index (χ1n) is 5.62. The van der Waals surface area contributed by atoms with Crippen LogP contribution in [0.4, 0.5) is 11.4 Å². The van der Waals surface area contributed by atoms with Crippen LogP contribution in [-0.2, 0) is 0 Å². The highest BCUT2D eigenvalue weighted by molar-refractivity contribution is 6.42. The number of aromatic hydroxyl groups is 1. The average molecular weight is 327 g/mol. The van der Waals surface area contributed by atoms with E-state index in [9.17, 15) is 20.0 Å². The van der Waals surface area contributed by atoms with E-state index in [1.54, 1.807) is 0 Å². The van der Waals surface area contributed by atoms with Crippen LogP contribution in [0.2, 0.25) is 10.0 Å². The molecule has 0 aliphatic carbocycles. The van der Waals surface area contributed by atoms with E-state index >= 15 is 0 Å². The number of halogens is 2. The molecule has 2 aromatic carbocycles. The molecule has 2 N–H and O–H groups in total. The maximum Gasteiger partial charge on any atom is 0.282 e. The number of benzene rings is 2. The van der Waals surface area contributed by atoms with Gasteiger partial charge in [-0.25, -0.2) is 0 Å². The lowest BCUT2D eigenvalue weighted by Gasteiger charge is -2.07. The normalized spacial score (nSPS) is 10.2. The van der Waals surface area contributed by atoms with Crippen molar-refractivity contribution in [2.24, 2.45) is 0 Å². The van der Waals surface area contributed by atoms with Crippen LogP contribution in [0.1, 0.15) is 10.4 Å². The predicted octanol–water partition coefficient (Wildman–Crippen LogP) is 3.86. The van der Waals surface area contributed by atoms with Gasteiger partial charge in [-0.2, -0.15) is 0 Å². The van der Waals surface area contributed by atoms with Gasteiger partial charge in [0.2, 0.25) is 0 Å². The highest BCUT2D eigenvalue weighted by atomic mass is 35.5. The summed E-state index contributed by atoms with van der Waals surface area (Å²) in [5.41, 5.74) is -0.344. The number of hydrogen-bond donors (Lipinski definition) is 2. The number of anilines is 1. The average Bonchev–Trinajstić information content (AvgIpc) is 2.42. The minimum Gasteiger partial charge on any atom is -0.508 e. The molecule has 6 nitrogen and oxygen atoms in total. The summed E-state index contributed by atoms with van der Waals surface area (Å²) in [6, 6.07) is 7.60. The fraction of sp³-hybridized carbons (Fsp3) is 0. The smallest absolute Gasteiger partial charge is 0.282 e. The number of nitro groups is 1. The molecule has 0 radical (unpaired) electrons. The van der Waals surface area contributed by atoms with Gasteiger partial charge in [-0.05, 0) is 30.3 Å². The Hall–Kier alpha value is -2.31. The molecular formula is C13H8Cl2N2O4. The zero-order valence-electron chi connectivity index (χ0n) is 10.3. The topological polar surface area (TPSA) is 92.5 Å². The molecular weight excluding hydrogens is 319 g/mol. The molecule has 0 fully saturated rings. The second-order valence-electron chi connectivity index (χ2n) is 4.04. The number of nitro benzene ring substituents is 1. The highest BCUT2D eigenvalue weighted by Gasteiger charge is 2.21. The van der Waals surface area contributed by atoms with Gasteiger partial charge in [-0.3, -0.25) is 14.9 Å². The molecule has 0 saturated heterocycles. The van der Waals surface area contributed by atoms with Gasteiger partial charge in [-0.15, -0.1) is 0 Å². The summed E-state index contributed by atoms with van der Waals surface area (Å²) < 4.78 is 0. The quantitative estimate of drug-likeness (QED) is 0.661. The first-order valence-corrected chi connectivity index (χ1v) is 6.38. The number of rotatable bonds is 3. The van der Waals surface area contributed by atoms with Crippen molar-refractivity contribution in [2.45, 2.75) is 0 Å². The molecule has 0 bridgehead atoms. The molecule has 0 aliphatic heterocycles. The molecule has 0 saturated carbocycles. The second kappa shape index (κ2) is 5.99. The molecule has 0 heterocycles. The van der Waals surface area contributed by atoms with Crippen LogP contribution in [-0.4, -0.2) is 15.9 Å². The maximum atomic E-state index is 12.1. The van der Waals surface area contributed by atoms with E-state index in [2.05, 4.69) is 5.32 Å². The van der Waals surface area contributed by atoms with E-state index < -0.39 is 16.5 Å². The summed E-state index contributed by atoms with van der Waals surface area (Å²) in [6.07, 6.45) is 0. The summed E-state index contributed by atoms with van der Waals surface area (Å²) in [6.45, 7) is 0. The van der Waals surface area contributed by atoms with Crippen molar-refractivity contribution in [1.82, 2.24) is 0 Å². The molecule has 1 amide bonds. The van der Waals surface area contributed by atoms with E-state index in [4.69, 9.17) is 23.2 Å². The second-order valence-corrected chi connectivity index (χ2v) is 4.86. The van der Waals surface area contributed by atoms with Gasteiger partial charge in [0.15, 0.2) is 0 Å². The lowest BCUT2D eigenvalue weighted by molar-refractivity contribution is -0.385. The van der Waals surface area contributed by atoms with Crippen LogP contribution < -0.4 is 5.32 Å². The first-order chi connectivity index (χ1) is 9.88. The number of amides is 1. The molecule has 8 heteroatoms. The van der Waals surface area contributed by atoms with Gasteiger partial charge in [0.05, 0.1) is 15.0 Å². The van der Waals surface area contributed by atoms with Gasteiger partial charge in [0.25, 0.3) is 11.6 Å². The number of phenolic OH excluding ortho intramolecular Hbond substituents is 1. The Kier molecular flexibility index (Phi) is 4.30. The summed E-state index contributed by atoms with van der Waals surface area (Å²) >= 11 is 11.6. The lowest BCUT2D eigenvalue weighted by atomic mass is 10.1. The molecule has 0 spiro atoms. The zero-order chi connectivity index (χ0) is 15.6. The summed E-state index contributed by atoms with van der Waals surface area (Å²) in [4.78, 5) is 22.3. The first kappa shape index (κ1) is 15.1. The van der Waals surface area contributed by atoms with Crippen LogP contribution >= 0.6 is 23.2 Å². The third kappa shape index (κ3) is 3.42. The van der Waals surface area contributed by atoms with E-state index in [0.29, 0.717) is 10.7 Å². The van der Waals surface area contributed by atoms with E-state index in [0.717, 1.165) is 18.2 Å². The molecule has 2 rings (SSSR count). The van der Waals surface area contributed by atoms with Gasteiger partial charge in [0.1, 0.15) is 11.3 Å². The number of phenols is 1. The zero-order valence-corrected chi connectivity index (χ0v) is 11.9. The van der Waals surface area contributed by atoms with Crippen molar-refractivity contribution in [2.75, 3.05) is 5.32 Å². The molecule has 0 aromatic heterocycles. The van der Waals surface area contributed by atoms with Crippen molar-refractivity contribution in [1.29, 1.82) is 0 Å². The molecule has 21 heavy (non-hydrogen) atoms. The van der Waals surface area contributed by atoms with Gasteiger partial charge in [0, 0.05) is 11.8 Å². The fourth-order valence-corrected chi connectivity index (χ4v) is 1.94. The van der Waals surface area contributed by atoms with Crippen LogP contribution in [0.5, 0.6) is 5.75 Å². The van der Waals surface area contributed by atoms with Gasteiger partial charge in [-0.1, -0.05) is 23.2 Å². The van der Waals surface area contributed by atoms with E-state index in [-0.39, 0.29) is 16.3 Å². The Balaban J connectivity index is 2.34. The Morgan fingerprint density at radius 3 is 2.48 bits per heavy atom. The minimum absolute atomic E-state index is 0.236. The SMILES string of the molecule is O=C(Nc1ccc(Cl)c(Cl)c1)c1cc(O)ccc1[N+](=O)[O-]. The van der Waals surface area contributed by atoms with Crippen LogP contribution in [0, 0.1) is 10.1 Å². The standard InChI is InChI=1S/C13H8Cl2N2O4/c14-10-3-1-7(5-11(10)15)16-13(19)9-6-8(18)2-4-12(9)17(20)21/h1-6,18H,(H,16,19). The molecule has 108 valence electrons. The summed E-state index contributed by atoms with van der Waals surface area (Å²) in [5.74, 6) is -0.990. The highest BCUT2D eigenvalue weighted by Crippen LogP contribution is 2.27. The molecule has 0 unspecified atom stereocenters. The lowest BCUT2D eigenvalue weighted by Crippen LogP contribution is -2.13. The number of carbonyl (C=O) groups excluding carboxylic acids is 1. The van der Waals surface area contributed by atoms with Crippen molar-refractivity contribution in [3.05, 3.63) is 62.1 Å². The summed E-state index contributed by atoms with van der Waals surface area (Å²) in [5, 5.41) is 23.3. The molecule has 0 aliphatic rings. The van der Waals surface area contributed by atoms with Crippen molar-refractivity contribution in [3.8, 4) is 5.75 Å². The Bertz CT molecular complexity index is 734. The number of carbonyl (C=O) groups is 1. The monoisotopic (exact) mass is 326 g/mol. The molecule has 2 aromatic rings. The third-order valence-electron chi connectivity index (χ3n) is 2.60.